The highest BCUT2D eigenvalue weighted by molar-refractivity contribution is 5.86. The molecule has 6 heteroatoms. The molecule has 0 radical (unpaired) electrons. The van der Waals surface area contributed by atoms with Crippen molar-refractivity contribution in [3.63, 3.8) is 0 Å². The van der Waals surface area contributed by atoms with Gasteiger partial charge in [-0.2, -0.15) is 5.10 Å². The molecule has 0 aliphatic rings. The van der Waals surface area contributed by atoms with Crippen molar-refractivity contribution in [2.45, 2.75) is 0 Å². The lowest BCUT2D eigenvalue weighted by atomic mass is 10.4. The van der Waals surface area contributed by atoms with Crippen molar-refractivity contribution >= 4 is 16.9 Å². The van der Waals surface area contributed by atoms with Gasteiger partial charge >= 0.3 is 0 Å². The van der Waals surface area contributed by atoms with Gasteiger partial charge in [-0.05, 0) is 12.1 Å². The fraction of sp³-hybridized carbons (Fsp3) is 0.0909. The number of hydrogen-bond donors (Lipinski definition) is 1. The Labute approximate surface area is 97.4 Å². The summed E-state index contributed by atoms with van der Waals surface area (Å²) >= 11 is 0. The normalized spacial score (nSPS) is 10.6. The monoisotopic (exact) mass is 226 g/mol. The molecule has 84 valence electrons. The van der Waals surface area contributed by atoms with Gasteiger partial charge < -0.3 is 5.32 Å². The summed E-state index contributed by atoms with van der Waals surface area (Å²) in [6.07, 6.45) is 6.72. The first-order valence-electron chi connectivity index (χ1n) is 5.17. The molecular formula is C11H10N6. The number of nitrogens with zero attached hydrogens (tertiary/aromatic N) is 5. The zero-order valence-electron chi connectivity index (χ0n) is 9.20. The summed E-state index contributed by atoms with van der Waals surface area (Å²) in [4.78, 5) is 12.4. The number of hydrogen-bond acceptors (Lipinski definition) is 5. The number of aromatic nitrogens is 5. The molecule has 0 saturated carbocycles. The predicted molar refractivity (Wildman–Crippen MR) is 64.0 cm³/mol. The third-order valence-corrected chi connectivity index (χ3v) is 2.51. The lowest BCUT2D eigenvalue weighted by Gasteiger charge is -2.02. The molecule has 0 fully saturated rings. The van der Waals surface area contributed by atoms with E-state index in [9.17, 15) is 0 Å². The van der Waals surface area contributed by atoms with Crippen molar-refractivity contribution in [2.24, 2.45) is 0 Å². The minimum Gasteiger partial charge on any atom is -0.372 e. The molecule has 3 heterocycles. The molecule has 0 saturated heterocycles. The fourth-order valence-electron chi connectivity index (χ4n) is 1.72. The summed E-state index contributed by atoms with van der Waals surface area (Å²) in [5.41, 5.74) is 1.70. The molecule has 0 atom stereocenters. The number of fused-ring (bicyclic) bond motifs is 1. The van der Waals surface area contributed by atoms with Crippen LogP contribution in [0.2, 0.25) is 0 Å². The second-order valence-corrected chi connectivity index (χ2v) is 3.47. The Morgan fingerprint density at radius 1 is 1.18 bits per heavy atom. The van der Waals surface area contributed by atoms with Gasteiger partial charge in [0.25, 0.3) is 0 Å². The van der Waals surface area contributed by atoms with Crippen LogP contribution >= 0.6 is 0 Å². The maximum Gasteiger partial charge on any atom is 0.168 e. The van der Waals surface area contributed by atoms with Crippen LogP contribution < -0.4 is 5.32 Å². The van der Waals surface area contributed by atoms with Gasteiger partial charge in [0, 0.05) is 19.4 Å². The molecule has 1 N–H and O–H groups in total. The zero-order chi connectivity index (χ0) is 11.7. The van der Waals surface area contributed by atoms with Crippen molar-refractivity contribution in [2.75, 3.05) is 12.4 Å². The first kappa shape index (κ1) is 9.71. The molecule has 17 heavy (non-hydrogen) atoms. The van der Waals surface area contributed by atoms with Gasteiger partial charge in [0.15, 0.2) is 5.65 Å². The summed E-state index contributed by atoms with van der Waals surface area (Å²) in [5.74, 6) is 0.773. The van der Waals surface area contributed by atoms with Crippen LogP contribution in [0.1, 0.15) is 0 Å². The Hall–Kier alpha value is -2.50. The third kappa shape index (κ3) is 1.50. The molecule has 3 rings (SSSR count). The topological polar surface area (TPSA) is 68.5 Å². The van der Waals surface area contributed by atoms with Gasteiger partial charge in [0.05, 0.1) is 17.3 Å². The van der Waals surface area contributed by atoms with E-state index in [1.54, 1.807) is 23.3 Å². The molecule has 0 unspecified atom stereocenters. The predicted octanol–water partition coefficient (Wildman–Crippen LogP) is 1.25. The van der Waals surface area contributed by atoms with Gasteiger partial charge in [0.1, 0.15) is 12.1 Å². The largest absolute Gasteiger partial charge is 0.372 e. The average Bonchev–Trinajstić information content (AvgIpc) is 2.83. The van der Waals surface area contributed by atoms with Gasteiger partial charge in [0.2, 0.25) is 0 Å². The smallest absolute Gasteiger partial charge is 0.168 e. The van der Waals surface area contributed by atoms with Crippen LogP contribution in [0, 0.1) is 0 Å². The lowest BCUT2D eigenvalue weighted by molar-refractivity contribution is 0.892. The standard InChI is InChI=1S/C11H10N6/c1-12-10-9-6-16-17(11(9)15-7-14-10)8-2-4-13-5-3-8/h2-7H,1H3,(H,12,14,15). The van der Waals surface area contributed by atoms with Crippen LogP contribution in [0.15, 0.2) is 37.1 Å². The van der Waals surface area contributed by atoms with E-state index < -0.39 is 0 Å². The van der Waals surface area contributed by atoms with Crippen LogP contribution in [0.4, 0.5) is 5.82 Å². The van der Waals surface area contributed by atoms with Crippen LogP contribution in [-0.4, -0.2) is 31.8 Å². The minimum atomic E-state index is 0.773. The van der Waals surface area contributed by atoms with Gasteiger partial charge in [-0.3, -0.25) is 4.98 Å². The van der Waals surface area contributed by atoms with Crippen molar-refractivity contribution in [3.05, 3.63) is 37.1 Å². The minimum absolute atomic E-state index is 0.773. The fourth-order valence-corrected chi connectivity index (χ4v) is 1.72. The average molecular weight is 226 g/mol. The number of rotatable bonds is 2. The molecule has 0 aliphatic heterocycles. The van der Waals surface area contributed by atoms with Gasteiger partial charge in [-0.25, -0.2) is 14.6 Å². The van der Waals surface area contributed by atoms with E-state index in [-0.39, 0.29) is 0 Å². The highest BCUT2D eigenvalue weighted by Gasteiger charge is 2.09. The van der Waals surface area contributed by atoms with E-state index in [4.69, 9.17) is 0 Å². The van der Waals surface area contributed by atoms with E-state index in [1.807, 2.05) is 19.2 Å². The number of anilines is 1. The molecule has 3 aromatic rings. The molecular weight excluding hydrogens is 216 g/mol. The Morgan fingerprint density at radius 3 is 2.76 bits per heavy atom. The van der Waals surface area contributed by atoms with E-state index >= 15 is 0 Å². The lowest BCUT2D eigenvalue weighted by Crippen LogP contribution is -1.99. The summed E-state index contributed by atoms with van der Waals surface area (Å²) in [6, 6.07) is 3.77. The number of pyridine rings is 1. The van der Waals surface area contributed by atoms with Gasteiger partial charge in [-0.1, -0.05) is 0 Å². The Kier molecular flexibility index (Phi) is 2.18. The van der Waals surface area contributed by atoms with Crippen molar-refractivity contribution in [1.29, 1.82) is 0 Å². The highest BCUT2D eigenvalue weighted by Crippen LogP contribution is 2.20. The Morgan fingerprint density at radius 2 is 2.00 bits per heavy atom. The van der Waals surface area contributed by atoms with E-state index in [0.29, 0.717) is 0 Å². The molecule has 0 spiro atoms. The van der Waals surface area contributed by atoms with Crippen molar-refractivity contribution in [1.82, 2.24) is 24.7 Å². The maximum atomic E-state index is 4.32. The zero-order valence-corrected chi connectivity index (χ0v) is 9.20. The van der Waals surface area contributed by atoms with Crippen LogP contribution in [0.3, 0.4) is 0 Å². The van der Waals surface area contributed by atoms with Crippen LogP contribution in [-0.2, 0) is 0 Å². The first-order chi connectivity index (χ1) is 8.40. The second-order valence-electron chi connectivity index (χ2n) is 3.47. The summed E-state index contributed by atoms with van der Waals surface area (Å²) < 4.78 is 1.76. The number of nitrogens with one attached hydrogen (secondary N) is 1. The first-order valence-corrected chi connectivity index (χ1v) is 5.17. The SMILES string of the molecule is CNc1ncnc2c1cnn2-c1ccncc1. The molecule has 0 bridgehead atoms. The summed E-state index contributed by atoms with van der Waals surface area (Å²) in [6.45, 7) is 0. The van der Waals surface area contributed by atoms with Crippen molar-refractivity contribution < 1.29 is 0 Å². The van der Waals surface area contributed by atoms with E-state index in [1.165, 1.54) is 6.33 Å². The van der Waals surface area contributed by atoms with Crippen molar-refractivity contribution in [3.8, 4) is 5.69 Å². The highest BCUT2D eigenvalue weighted by atomic mass is 15.3. The van der Waals surface area contributed by atoms with Crippen LogP contribution in [0.5, 0.6) is 0 Å². The molecule has 6 nitrogen and oxygen atoms in total. The van der Waals surface area contributed by atoms with E-state index in [0.717, 1.165) is 22.5 Å². The molecule has 0 amide bonds. The summed E-state index contributed by atoms with van der Waals surface area (Å²) in [5, 5.41) is 8.23. The van der Waals surface area contributed by atoms with Gasteiger partial charge in [-0.15, -0.1) is 0 Å². The second kappa shape index (κ2) is 3.82. The quantitative estimate of drug-likeness (QED) is 0.712. The van der Waals surface area contributed by atoms with E-state index in [2.05, 4.69) is 25.4 Å². The molecule has 0 aromatic carbocycles. The third-order valence-electron chi connectivity index (χ3n) is 2.51. The maximum absolute atomic E-state index is 4.32. The van der Waals surface area contributed by atoms with Crippen LogP contribution in [0.25, 0.3) is 16.7 Å². The summed E-state index contributed by atoms with van der Waals surface area (Å²) in [7, 11) is 1.82. The Bertz CT molecular complexity index is 645. The Balaban J connectivity index is 2.26. The molecule has 3 aromatic heterocycles. The molecule has 0 aliphatic carbocycles.